The zero-order valence-corrected chi connectivity index (χ0v) is 7.67. The van der Waals surface area contributed by atoms with Crippen LogP contribution in [-0.2, 0) is 0 Å². The highest BCUT2D eigenvalue weighted by Gasteiger charge is 2.07. The summed E-state index contributed by atoms with van der Waals surface area (Å²) in [6.07, 6.45) is 8.48. The fraction of sp³-hybridized carbons (Fsp3) is 0.364. The van der Waals surface area contributed by atoms with Crippen molar-refractivity contribution in [2.45, 2.75) is 26.2 Å². The zero-order chi connectivity index (χ0) is 9.68. The molecule has 0 aromatic carbocycles. The Morgan fingerprint density at radius 1 is 1.69 bits per heavy atom. The van der Waals surface area contributed by atoms with Gasteiger partial charge in [0, 0.05) is 12.8 Å². The highest BCUT2D eigenvalue weighted by Crippen LogP contribution is 2.10. The van der Waals surface area contributed by atoms with Crippen LogP contribution in [0.5, 0.6) is 0 Å². The highest BCUT2D eigenvalue weighted by molar-refractivity contribution is 5.95. The Labute approximate surface area is 77.9 Å². The minimum absolute atomic E-state index is 0.104. The molecule has 68 valence electrons. The van der Waals surface area contributed by atoms with Crippen LogP contribution in [0.25, 0.3) is 0 Å². The van der Waals surface area contributed by atoms with Crippen LogP contribution in [0.1, 0.15) is 35.4 Å². The minimum Gasteiger partial charge on any atom is -0.469 e. The Bertz CT molecular complexity index is 328. The second kappa shape index (κ2) is 4.51. The monoisotopic (exact) mass is 176 g/mol. The minimum atomic E-state index is 0.104. The fourth-order valence-corrected chi connectivity index (χ4v) is 1.09. The maximum Gasteiger partial charge on any atom is 0.166 e. The molecule has 0 aliphatic heterocycles. The molecule has 2 nitrogen and oxygen atoms in total. The van der Waals surface area contributed by atoms with E-state index in [0.717, 1.165) is 12.2 Å². The molecule has 13 heavy (non-hydrogen) atoms. The van der Waals surface area contributed by atoms with E-state index in [9.17, 15) is 4.79 Å². The largest absolute Gasteiger partial charge is 0.469 e. The van der Waals surface area contributed by atoms with E-state index in [1.165, 1.54) is 6.26 Å². The quantitative estimate of drug-likeness (QED) is 0.401. The summed E-state index contributed by atoms with van der Waals surface area (Å²) in [4.78, 5) is 11.4. The lowest BCUT2D eigenvalue weighted by molar-refractivity contribution is 0.0980. The number of ketones is 1. The number of furan rings is 1. The Morgan fingerprint density at radius 2 is 2.46 bits per heavy atom. The van der Waals surface area contributed by atoms with E-state index in [1.54, 1.807) is 6.07 Å². The maximum absolute atomic E-state index is 11.4. The molecule has 1 aromatic rings. The molecule has 1 rings (SSSR count). The molecular formula is C11H12O2. The fourth-order valence-electron chi connectivity index (χ4n) is 1.09. The van der Waals surface area contributed by atoms with Crippen LogP contribution in [0.4, 0.5) is 0 Å². The number of aryl methyl sites for hydroxylation is 1. The van der Waals surface area contributed by atoms with Gasteiger partial charge in [-0.25, -0.2) is 0 Å². The predicted octanol–water partition coefficient (Wildman–Crippen LogP) is 2.57. The van der Waals surface area contributed by atoms with Crippen molar-refractivity contribution in [1.29, 1.82) is 0 Å². The zero-order valence-electron chi connectivity index (χ0n) is 7.67. The molecule has 2 heteroatoms. The molecule has 1 aromatic heterocycles. The lowest BCUT2D eigenvalue weighted by Gasteiger charge is -1.93. The molecule has 0 spiro atoms. The summed E-state index contributed by atoms with van der Waals surface area (Å²) in [5, 5.41) is 0. The van der Waals surface area contributed by atoms with Crippen molar-refractivity contribution in [3.63, 3.8) is 0 Å². The smallest absolute Gasteiger partial charge is 0.166 e. The predicted molar refractivity (Wildman–Crippen MR) is 50.5 cm³/mol. The number of hydrogen-bond acceptors (Lipinski definition) is 2. The van der Waals surface area contributed by atoms with Gasteiger partial charge in [0.25, 0.3) is 0 Å². The van der Waals surface area contributed by atoms with Gasteiger partial charge in [-0.15, -0.1) is 12.3 Å². The van der Waals surface area contributed by atoms with Crippen molar-refractivity contribution < 1.29 is 9.21 Å². The van der Waals surface area contributed by atoms with E-state index >= 15 is 0 Å². The van der Waals surface area contributed by atoms with Crippen LogP contribution in [0, 0.1) is 19.3 Å². The van der Waals surface area contributed by atoms with Gasteiger partial charge in [-0.05, 0) is 19.4 Å². The third kappa shape index (κ3) is 2.79. The van der Waals surface area contributed by atoms with Crippen LogP contribution < -0.4 is 0 Å². The lowest BCUT2D eigenvalue weighted by Crippen LogP contribution is -1.96. The second-order valence-electron chi connectivity index (χ2n) is 2.93. The average molecular weight is 176 g/mol. The third-order valence-electron chi connectivity index (χ3n) is 1.78. The first-order chi connectivity index (χ1) is 6.24. The van der Waals surface area contributed by atoms with Crippen molar-refractivity contribution in [1.82, 2.24) is 0 Å². The summed E-state index contributed by atoms with van der Waals surface area (Å²) < 4.78 is 5.03. The van der Waals surface area contributed by atoms with Crippen LogP contribution >= 0.6 is 0 Å². The van der Waals surface area contributed by atoms with Crippen molar-refractivity contribution in [2.24, 2.45) is 0 Å². The average Bonchev–Trinajstić information content (AvgIpc) is 2.52. The number of carbonyl (C=O) groups is 1. The number of rotatable bonds is 4. The van der Waals surface area contributed by atoms with Crippen LogP contribution in [0.2, 0.25) is 0 Å². The summed E-state index contributed by atoms with van der Waals surface area (Å²) in [6.45, 7) is 1.82. The van der Waals surface area contributed by atoms with E-state index in [1.807, 2.05) is 6.92 Å². The summed E-state index contributed by atoms with van der Waals surface area (Å²) >= 11 is 0. The lowest BCUT2D eigenvalue weighted by atomic mass is 10.1. The van der Waals surface area contributed by atoms with Gasteiger partial charge in [-0.2, -0.15) is 0 Å². The van der Waals surface area contributed by atoms with E-state index < -0.39 is 0 Å². The molecule has 0 unspecified atom stereocenters. The summed E-state index contributed by atoms with van der Waals surface area (Å²) in [7, 11) is 0. The normalized spacial score (nSPS) is 9.54. The molecule has 0 fully saturated rings. The van der Waals surface area contributed by atoms with E-state index in [4.69, 9.17) is 10.8 Å². The number of terminal acetylenes is 1. The molecule has 0 N–H and O–H groups in total. The molecule has 1 heterocycles. The molecule has 0 saturated heterocycles. The molecule has 0 saturated carbocycles. The Hall–Kier alpha value is -1.49. The van der Waals surface area contributed by atoms with Crippen molar-refractivity contribution in [3.8, 4) is 12.3 Å². The number of Topliss-reactive ketones (excluding diaryl/α,β-unsaturated/α-hetero) is 1. The van der Waals surface area contributed by atoms with Gasteiger partial charge in [0.05, 0.1) is 5.56 Å². The standard InChI is InChI=1S/C11H12O2/c1-3-4-5-6-11(12)10-7-9(2)13-8-10/h1,7-8H,4-6H2,2H3. The third-order valence-corrected chi connectivity index (χ3v) is 1.78. The topological polar surface area (TPSA) is 30.2 Å². The Kier molecular flexibility index (Phi) is 3.33. The van der Waals surface area contributed by atoms with Gasteiger partial charge < -0.3 is 4.42 Å². The first kappa shape index (κ1) is 9.60. The SMILES string of the molecule is C#CCCCC(=O)c1coc(C)c1. The molecular weight excluding hydrogens is 164 g/mol. The van der Waals surface area contributed by atoms with Crippen molar-refractivity contribution in [3.05, 3.63) is 23.7 Å². The number of carbonyl (C=O) groups excluding carboxylic acids is 1. The summed E-state index contributed by atoms with van der Waals surface area (Å²) in [6, 6.07) is 1.75. The molecule has 0 amide bonds. The molecule has 0 atom stereocenters. The first-order valence-electron chi connectivity index (χ1n) is 4.26. The first-order valence-corrected chi connectivity index (χ1v) is 4.26. The van der Waals surface area contributed by atoms with Crippen molar-refractivity contribution >= 4 is 5.78 Å². The van der Waals surface area contributed by atoms with Gasteiger partial charge in [0.1, 0.15) is 12.0 Å². The Balaban J connectivity index is 2.45. The van der Waals surface area contributed by atoms with Gasteiger partial charge in [-0.1, -0.05) is 0 Å². The number of unbranched alkanes of at least 4 members (excludes halogenated alkanes) is 1. The molecule has 0 aliphatic carbocycles. The van der Waals surface area contributed by atoms with E-state index in [2.05, 4.69) is 5.92 Å². The summed E-state index contributed by atoms with van der Waals surface area (Å²) in [5.41, 5.74) is 0.648. The van der Waals surface area contributed by atoms with Gasteiger partial charge in [0.15, 0.2) is 5.78 Å². The van der Waals surface area contributed by atoms with E-state index in [-0.39, 0.29) is 5.78 Å². The van der Waals surface area contributed by atoms with Crippen molar-refractivity contribution in [2.75, 3.05) is 0 Å². The number of hydrogen-bond donors (Lipinski definition) is 0. The van der Waals surface area contributed by atoms with Gasteiger partial charge in [0.2, 0.25) is 0 Å². The van der Waals surface area contributed by atoms with Crippen LogP contribution in [-0.4, -0.2) is 5.78 Å². The van der Waals surface area contributed by atoms with Gasteiger partial charge in [-0.3, -0.25) is 4.79 Å². The second-order valence-corrected chi connectivity index (χ2v) is 2.93. The highest BCUT2D eigenvalue weighted by atomic mass is 16.3. The summed E-state index contributed by atoms with van der Waals surface area (Å²) in [5.74, 6) is 3.37. The molecule has 0 aliphatic rings. The molecule has 0 bridgehead atoms. The maximum atomic E-state index is 11.4. The molecule has 0 radical (unpaired) electrons. The van der Waals surface area contributed by atoms with Gasteiger partial charge >= 0.3 is 0 Å². The van der Waals surface area contributed by atoms with Crippen LogP contribution in [0.3, 0.4) is 0 Å². The van der Waals surface area contributed by atoms with Crippen LogP contribution in [0.15, 0.2) is 16.7 Å². The van der Waals surface area contributed by atoms with E-state index in [0.29, 0.717) is 18.4 Å². The Morgan fingerprint density at radius 3 is 3.00 bits per heavy atom.